The third-order valence-electron chi connectivity index (χ3n) is 1.90. The van der Waals surface area contributed by atoms with Gasteiger partial charge in [-0.3, -0.25) is 4.79 Å². The number of H-pyrrole nitrogens is 1. The van der Waals surface area contributed by atoms with Crippen molar-refractivity contribution in [1.29, 1.82) is 0 Å². The summed E-state index contributed by atoms with van der Waals surface area (Å²) in [4.78, 5) is 28.1. The number of rotatable bonds is 7. The summed E-state index contributed by atoms with van der Waals surface area (Å²) in [7, 11) is 0. The Morgan fingerprint density at radius 3 is 3.06 bits per heavy atom. The first kappa shape index (κ1) is 13.2. The zero-order chi connectivity index (χ0) is 12.7. The highest BCUT2D eigenvalue weighted by Gasteiger charge is 2.00. The summed E-state index contributed by atoms with van der Waals surface area (Å²) in [5.74, 6) is 0.0588. The summed E-state index contributed by atoms with van der Waals surface area (Å²) in [5.41, 5.74) is -0.217. The van der Waals surface area contributed by atoms with Crippen LogP contribution in [0.15, 0.2) is 10.9 Å². The molecule has 1 rings (SSSR count). The van der Waals surface area contributed by atoms with Crippen molar-refractivity contribution in [1.82, 2.24) is 9.97 Å². The van der Waals surface area contributed by atoms with E-state index in [2.05, 4.69) is 15.3 Å². The lowest BCUT2D eigenvalue weighted by Gasteiger charge is -2.06. The van der Waals surface area contributed by atoms with E-state index in [1.54, 1.807) is 0 Å². The van der Waals surface area contributed by atoms with Gasteiger partial charge in [0.05, 0.1) is 6.61 Å². The first-order chi connectivity index (χ1) is 8.11. The van der Waals surface area contributed by atoms with Crippen molar-refractivity contribution in [3.05, 3.63) is 22.2 Å². The molecule has 0 amide bonds. The zero-order valence-corrected chi connectivity index (χ0v) is 9.52. The van der Waals surface area contributed by atoms with E-state index in [9.17, 15) is 9.59 Å². The van der Waals surface area contributed by atoms with Crippen LogP contribution in [-0.2, 0) is 16.0 Å². The average molecular weight is 241 g/mol. The topological polar surface area (TPSA) is 104 Å². The lowest BCUT2D eigenvalue weighted by atomic mass is 10.4. The minimum Gasteiger partial charge on any atom is -0.480 e. The standard InChI is InChI=1S/C10H15N3O4/c1-2-7-12-8(5-9(14)13-7)11-3-4-17-6-10(15)16/h5H,2-4,6H2,1H3,(H,15,16)(H2,11,12,13,14). The zero-order valence-electron chi connectivity index (χ0n) is 9.52. The Morgan fingerprint density at radius 1 is 1.65 bits per heavy atom. The van der Waals surface area contributed by atoms with Crippen molar-refractivity contribution in [2.75, 3.05) is 25.1 Å². The predicted octanol–water partition coefficient (Wildman–Crippen LogP) is -0.155. The Labute approximate surface area is 97.8 Å². The molecule has 0 radical (unpaired) electrons. The first-order valence-electron chi connectivity index (χ1n) is 5.25. The fourth-order valence-corrected chi connectivity index (χ4v) is 1.18. The molecule has 0 atom stereocenters. The van der Waals surface area contributed by atoms with Crippen molar-refractivity contribution < 1.29 is 14.6 Å². The normalized spacial score (nSPS) is 10.2. The Kier molecular flexibility index (Phi) is 5.15. The number of nitrogens with zero attached hydrogens (tertiary/aromatic N) is 1. The highest BCUT2D eigenvalue weighted by Crippen LogP contribution is 1.98. The van der Waals surface area contributed by atoms with Gasteiger partial charge in [0, 0.05) is 19.0 Å². The molecule has 0 aliphatic carbocycles. The first-order valence-corrected chi connectivity index (χ1v) is 5.25. The lowest BCUT2D eigenvalue weighted by Crippen LogP contribution is -2.17. The van der Waals surface area contributed by atoms with Crippen molar-refractivity contribution in [3.8, 4) is 0 Å². The SMILES string of the molecule is CCc1nc(NCCOCC(=O)O)cc(=O)[nH]1. The molecular weight excluding hydrogens is 226 g/mol. The number of aromatic amines is 1. The Bertz CT molecular complexity index is 430. The minimum absolute atomic E-state index is 0.217. The van der Waals surface area contributed by atoms with Crippen LogP contribution in [0.3, 0.4) is 0 Å². The van der Waals surface area contributed by atoms with Gasteiger partial charge in [-0.05, 0) is 0 Å². The third kappa shape index (κ3) is 5.12. The average Bonchev–Trinajstić information content (AvgIpc) is 2.27. The van der Waals surface area contributed by atoms with E-state index in [4.69, 9.17) is 9.84 Å². The number of hydrogen-bond acceptors (Lipinski definition) is 5. The number of aryl methyl sites for hydroxylation is 1. The summed E-state index contributed by atoms with van der Waals surface area (Å²) in [6, 6.07) is 1.34. The summed E-state index contributed by atoms with van der Waals surface area (Å²) >= 11 is 0. The highest BCUT2D eigenvalue weighted by atomic mass is 16.5. The summed E-state index contributed by atoms with van der Waals surface area (Å²) in [6.07, 6.45) is 0.639. The monoisotopic (exact) mass is 241 g/mol. The number of carbonyl (C=O) groups is 1. The van der Waals surface area contributed by atoms with Crippen LogP contribution in [0.5, 0.6) is 0 Å². The number of carboxylic acids is 1. The van der Waals surface area contributed by atoms with E-state index in [0.717, 1.165) is 0 Å². The Morgan fingerprint density at radius 2 is 2.41 bits per heavy atom. The van der Waals surface area contributed by atoms with Gasteiger partial charge < -0.3 is 20.1 Å². The number of hydrogen-bond donors (Lipinski definition) is 3. The molecule has 0 saturated heterocycles. The molecule has 0 unspecified atom stereocenters. The molecule has 0 aliphatic rings. The fourth-order valence-electron chi connectivity index (χ4n) is 1.18. The number of anilines is 1. The molecule has 0 aliphatic heterocycles. The van der Waals surface area contributed by atoms with Gasteiger partial charge in [-0.1, -0.05) is 6.92 Å². The van der Waals surface area contributed by atoms with Crippen molar-refractivity contribution >= 4 is 11.8 Å². The largest absolute Gasteiger partial charge is 0.480 e. The van der Waals surface area contributed by atoms with Crippen LogP contribution < -0.4 is 10.9 Å². The van der Waals surface area contributed by atoms with Crippen LogP contribution in [0, 0.1) is 0 Å². The van der Waals surface area contributed by atoms with Gasteiger partial charge in [-0.15, -0.1) is 0 Å². The van der Waals surface area contributed by atoms with Gasteiger partial charge >= 0.3 is 5.97 Å². The van der Waals surface area contributed by atoms with E-state index in [-0.39, 0.29) is 18.8 Å². The molecule has 17 heavy (non-hydrogen) atoms. The van der Waals surface area contributed by atoms with Crippen LogP contribution in [-0.4, -0.2) is 40.8 Å². The maximum absolute atomic E-state index is 11.2. The van der Waals surface area contributed by atoms with E-state index < -0.39 is 5.97 Å². The molecular formula is C10H15N3O4. The quantitative estimate of drug-likeness (QED) is 0.573. The molecule has 7 nitrogen and oxygen atoms in total. The van der Waals surface area contributed by atoms with Gasteiger partial charge in [0.2, 0.25) is 0 Å². The second kappa shape index (κ2) is 6.64. The van der Waals surface area contributed by atoms with Crippen LogP contribution in [0.1, 0.15) is 12.7 Å². The highest BCUT2D eigenvalue weighted by molar-refractivity contribution is 5.67. The summed E-state index contributed by atoms with van der Waals surface area (Å²) in [6.45, 7) is 2.19. The molecule has 3 N–H and O–H groups in total. The molecule has 1 aromatic heterocycles. The van der Waals surface area contributed by atoms with Gasteiger partial charge in [0.15, 0.2) is 0 Å². The smallest absolute Gasteiger partial charge is 0.329 e. The maximum Gasteiger partial charge on any atom is 0.329 e. The molecule has 0 spiro atoms. The molecule has 0 saturated carbocycles. The number of aromatic nitrogens is 2. The lowest BCUT2D eigenvalue weighted by molar-refractivity contribution is -0.142. The molecule has 1 heterocycles. The van der Waals surface area contributed by atoms with Gasteiger partial charge in [-0.25, -0.2) is 9.78 Å². The number of nitrogens with one attached hydrogen (secondary N) is 2. The third-order valence-corrected chi connectivity index (χ3v) is 1.90. The van der Waals surface area contributed by atoms with Crippen molar-refractivity contribution in [3.63, 3.8) is 0 Å². The van der Waals surface area contributed by atoms with Gasteiger partial charge in [0.25, 0.3) is 5.56 Å². The molecule has 94 valence electrons. The Balaban J connectivity index is 2.38. The second-order valence-electron chi connectivity index (χ2n) is 3.30. The fraction of sp³-hybridized carbons (Fsp3) is 0.500. The molecule has 7 heteroatoms. The Hall–Kier alpha value is -1.89. The van der Waals surface area contributed by atoms with E-state index in [1.165, 1.54) is 6.07 Å². The van der Waals surface area contributed by atoms with E-state index in [0.29, 0.717) is 24.6 Å². The van der Waals surface area contributed by atoms with E-state index >= 15 is 0 Å². The van der Waals surface area contributed by atoms with Crippen LogP contribution in [0.25, 0.3) is 0 Å². The molecule has 0 fully saturated rings. The van der Waals surface area contributed by atoms with Gasteiger partial charge in [0.1, 0.15) is 18.2 Å². The summed E-state index contributed by atoms with van der Waals surface area (Å²) < 4.78 is 4.83. The number of carboxylic acid groups (broad SMARTS) is 1. The van der Waals surface area contributed by atoms with Crippen molar-refractivity contribution in [2.24, 2.45) is 0 Å². The van der Waals surface area contributed by atoms with Crippen LogP contribution in [0.4, 0.5) is 5.82 Å². The molecule has 0 bridgehead atoms. The van der Waals surface area contributed by atoms with Crippen molar-refractivity contribution in [2.45, 2.75) is 13.3 Å². The second-order valence-corrected chi connectivity index (χ2v) is 3.30. The number of aliphatic carboxylic acids is 1. The van der Waals surface area contributed by atoms with Crippen LogP contribution >= 0.6 is 0 Å². The van der Waals surface area contributed by atoms with E-state index in [1.807, 2.05) is 6.92 Å². The maximum atomic E-state index is 11.2. The molecule has 1 aromatic rings. The predicted molar refractivity (Wildman–Crippen MR) is 61.2 cm³/mol. The van der Waals surface area contributed by atoms with Crippen LogP contribution in [0.2, 0.25) is 0 Å². The molecule has 0 aromatic carbocycles. The minimum atomic E-state index is -1.01. The van der Waals surface area contributed by atoms with Gasteiger partial charge in [-0.2, -0.15) is 0 Å². The summed E-state index contributed by atoms with van der Waals surface area (Å²) in [5, 5.41) is 11.2. The number of ether oxygens (including phenoxy) is 1.